The smallest absolute Gasteiger partial charge is 0.275 e. The predicted octanol–water partition coefficient (Wildman–Crippen LogP) is 3.45. The second-order valence-corrected chi connectivity index (χ2v) is 6.35. The van der Waals surface area contributed by atoms with Crippen molar-refractivity contribution in [3.8, 4) is 0 Å². The molecule has 21 heavy (non-hydrogen) atoms. The summed E-state index contributed by atoms with van der Waals surface area (Å²) in [6.07, 6.45) is 0. The number of rotatable bonds is 4. The molecule has 1 atom stereocenters. The minimum atomic E-state index is -1.51. The van der Waals surface area contributed by atoms with Crippen LogP contribution in [0.2, 0.25) is 5.02 Å². The Balaban J connectivity index is 2.41. The molecule has 0 heterocycles. The van der Waals surface area contributed by atoms with Gasteiger partial charge in [-0.3, -0.25) is 14.3 Å². The third kappa shape index (κ3) is 3.40. The van der Waals surface area contributed by atoms with Crippen LogP contribution in [-0.2, 0) is 16.6 Å². The Kier molecular flexibility index (Phi) is 4.59. The fraction of sp³-hybridized carbons (Fsp3) is 0.143. The lowest BCUT2D eigenvalue weighted by molar-refractivity contribution is -0.385. The molecule has 0 aromatic heterocycles. The second-order valence-electron chi connectivity index (χ2n) is 4.53. The number of nitro groups is 1. The van der Waals surface area contributed by atoms with Crippen LogP contribution in [0.15, 0.2) is 41.3 Å². The Hall–Kier alpha value is -1.92. The van der Waals surface area contributed by atoms with Gasteiger partial charge >= 0.3 is 0 Å². The van der Waals surface area contributed by atoms with Crippen molar-refractivity contribution in [3.63, 3.8) is 0 Å². The van der Waals surface area contributed by atoms with E-state index in [1.807, 2.05) is 13.0 Å². The van der Waals surface area contributed by atoms with Crippen molar-refractivity contribution < 1.29 is 9.13 Å². The van der Waals surface area contributed by atoms with Crippen LogP contribution in [0.3, 0.4) is 0 Å². The summed E-state index contributed by atoms with van der Waals surface area (Å²) in [6, 6.07) is 9.58. The molecule has 0 aliphatic rings. The monoisotopic (exact) mass is 324 g/mol. The highest BCUT2D eigenvalue weighted by Gasteiger charge is 2.20. The number of nitrogens with zero attached hydrogens (tertiary/aromatic N) is 1. The van der Waals surface area contributed by atoms with Crippen LogP contribution in [0.1, 0.15) is 11.1 Å². The van der Waals surface area contributed by atoms with E-state index >= 15 is 0 Å². The van der Waals surface area contributed by atoms with Gasteiger partial charge in [0.2, 0.25) is 0 Å². The summed E-state index contributed by atoms with van der Waals surface area (Å²) in [5.74, 6) is -0.0519. The number of benzene rings is 2. The highest BCUT2D eigenvalue weighted by molar-refractivity contribution is 7.84. The molecule has 2 rings (SSSR count). The van der Waals surface area contributed by atoms with E-state index in [1.54, 1.807) is 18.2 Å². The molecular formula is C14H13ClN2O3S. The van der Waals surface area contributed by atoms with Gasteiger partial charge in [-0.2, -0.15) is 0 Å². The molecule has 0 amide bonds. The van der Waals surface area contributed by atoms with Gasteiger partial charge in [0, 0.05) is 11.8 Å². The van der Waals surface area contributed by atoms with Crippen LogP contribution in [-0.4, -0.2) is 9.13 Å². The molecular weight excluding hydrogens is 312 g/mol. The van der Waals surface area contributed by atoms with E-state index in [1.165, 1.54) is 12.1 Å². The molecule has 0 spiro atoms. The lowest BCUT2D eigenvalue weighted by Gasteiger charge is -2.08. The SMILES string of the molecule is Cc1ccc(N)c(S(=O)Cc2c(Cl)cccc2[N+](=O)[O-])c1. The van der Waals surface area contributed by atoms with Crippen molar-refractivity contribution in [1.29, 1.82) is 0 Å². The zero-order chi connectivity index (χ0) is 15.6. The summed E-state index contributed by atoms with van der Waals surface area (Å²) in [5.41, 5.74) is 7.25. The number of hydrogen-bond donors (Lipinski definition) is 1. The summed E-state index contributed by atoms with van der Waals surface area (Å²) in [5, 5.41) is 11.3. The van der Waals surface area contributed by atoms with Gasteiger partial charge in [0.25, 0.3) is 5.69 Å². The van der Waals surface area contributed by atoms with Crippen LogP contribution >= 0.6 is 11.6 Å². The number of nitro benzene ring substituents is 1. The van der Waals surface area contributed by atoms with E-state index in [-0.39, 0.29) is 22.0 Å². The molecule has 5 nitrogen and oxygen atoms in total. The highest BCUT2D eigenvalue weighted by atomic mass is 35.5. The first-order valence-electron chi connectivity index (χ1n) is 6.06. The maximum atomic E-state index is 12.5. The molecule has 2 N–H and O–H groups in total. The minimum Gasteiger partial charge on any atom is -0.398 e. The molecule has 110 valence electrons. The van der Waals surface area contributed by atoms with E-state index in [0.29, 0.717) is 10.6 Å². The van der Waals surface area contributed by atoms with E-state index in [9.17, 15) is 14.3 Å². The van der Waals surface area contributed by atoms with Gasteiger partial charge in [0.15, 0.2) is 0 Å². The van der Waals surface area contributed by atoms with Crippen LogP contribution < -0.4 is 5.73 Å². The molecule has 0 fully saturated rings. The van der Waals surface area contributed by atoms with E-state index in [4.69, 9.17) is 17.3 Å². The average molecular weight is 325 g/mol. The first-order valence-corrected chi connectivity index (χ1v) is 7.76. The number of nitrogen functional groups attached to an aromatic ring is 1. The summed E-state index contributed by atoms with van der Waals surface area (Å²) in [4.78, 5) is 11.0. The molecule has 0 radical (unpaired) electrons. The Bertz CT molecular complexity index is 734. The van der Waals surface area contributed by atoms with Crippen molar-refractivity contribution in [2.24, 2.45) is 0 Å². The average Bonchev–Trinajstić information content (AvgIpc) is 2.43. The largest absolute Gasteiger partial charge is 0.398 e. The van der Waals surface area contributed by atoms with Crippen molar-refractivity contribution in [3.05, 3.63) is 62.7 Å². The second kappa shape index (κ2) is 6.24. The van der Waals surface area contributed by atoms with Gasteiger partial charge in [-0.25, -0.2) is 0 Å². The number of anilines is 1. The summed E-state index contributed by atoms with van der Waals surface area (Å²) in [7, 11) is -1.51. The third-order valence-electron chi connectivity index (χ3n) is 2.98. The van der Waals surface area contributed by atoms with Gasteiger partial charge in [-0.05, 0) is 30.7 Å². The maximum absolute atomic E-state index is 12.5. The molecule has 1 unspecified atom stereocenters. The highest BCUT2D eigenvalue weighted by Crippen LogP contribution is 2.30. The van der Waals surface area contributed by atoms with Crippen LogP contribution in [0.25, 0.3) is 0 Å². The van der Waals surface area contributed by atoms with Crippen molar-refractivity contribution >= 4 is 33.8 Å². The van der Waals surface area contributed by atoms with Crippen molar-refractivity contribution in [2.45, 2.75) is 17.6 Å². The fourth-order valence-corrected chi connectivity index (χ4v) is 3.59. The lowest BCUT2D eigenvalue weighted by Crippen LogP contribution is -2.04. The standard InChI is InChI=1S/C14H13ClN2O3S/c1-9-5-6-12(16)14(7-9)21(20)8-10-11(15)3-2-4-13(10)17(18)19/h2-7H,8,16H2,1H3. The van der Waals surface area contributed by atoms with Crippen LogP contribution in [0.4, 0.5) is 11.4 Å². The Morgan fingerprint density at radius 2 is 2.05 bits per heavy atom. The topological polar surface area (TPSA) is 86.2 Å². The molecule has 2 aromatic carbocycles. The van der Waals surface area contributed by atoms with E-state index < -0.39 is 15.7 Å². The zero-order valence-electron chi connectivity index (χ0n) is 11.2. The van der Waals surface area contributed by atoms with Gasteiger partial charge in [0.05, 0.1) is 37.0 Å². The van der Waals surface area contributed by atoms with Gasteiger partial charge < -0.3 is 5.73 Å². The lowest BCUT2D eigenvalue weighted by atomic mass is 10.2. The quantitative estimate of drug-likeness (QED) is 0.530. The van der Waals surface area contributed by atoms with Crippen LogP contribution in [0, 0.1) is 17.0 Å². The molecule has 2 aromatic rings. The summed E-state index contributed by atoms with van der Waals surface area (Å²) >= 11 is 6.01. The predicted molar refractivity (Wildman–Crippen MR) is 83.8 cm³/mol. The molecule has 0 saturated carbocycles. The van der Waals surface area contributed by atoms with E-state index in [0.717, 1.165) is 5.56 Å². The summed E-state index contributed by atoms with van der Waals surface area (Å²) in [6.45, 7) is 1.86. The minimum absolute atomic E-state index is 0.0519. The summed E-state index contributed by atoms with van der Waals surface area (Å²) < 4.78 is 12.5. The normalized spacial score (nSPS) is 12.1. The maximum Gasteiger partial charge on any atom is 0.275 e. The van der Waals surface area contributed by atoms with Gasteiger partial charge in [0.1, 0.15) is 0 Å². The number of aryl methyl sites for hydroxylation is 1. The molecule has 0 saturated heterocycles. The Labute approximate surface area is 129 Å². The van der Waals surface area contributed by atoms with Crippen LogP contribution in [0.5, 0.6) is 0 Å². The Morgan fingerprint density at radius 1 is 1.33 bits per heavy atom. The molecule has 0 bridgehead atoms. The molecule has 0 aliphatic heterocycles. The van der Waals surface area contributed by atoms with E-state index in [2.05, 4.69) is 0 Å². The zero-order valence-corrected chi connectivity index (χ0v) is 12.8. The van der Waals surface area contributed by atoms with Gasteiger partial charge in [-0.15, -0.1) is 0 Å². The molecule has 7 heteroatoms. The number of hydrogen-bond acceptors (Lipinski definition) is 4. The fourth-order valence-electron chi connectivity index (χ4n) is 1.91. The first kappa shape index (κ1) is 15.5. The number of nitrogens with two attached hydrogens (primary N) is 1. The molecule has 0 aliphatic carbocycles. The third-order valence-corrected chi connectivity index (χ3v) is 4.73. The Morgan fingerprint density at radius 3 is 2.71 bits per heavy atom. The van der Waals surface area contributed by atoms with Crippen molar-refractivity contribution in [1.82, 2.24) is 0 Å². The number of halogens is 1. The first-order chi connectivity index (χ1) is 9.90. The van der Waals surface area contributed by atoms with Gasteiger partial charge in [-0.1, -0.05) is 23.7 Å². The van der Waals surface area contributed by atoms with Crippen molar-refractivity contribution in [2.75, 3.05) is 5.73 Å².